The summed E-state index contributed by atoms with van der Waals surface area (Å²) in [7, 11) is 3.89. The summed E-state index contributed by atoms with van der Waals surface area (Å²) < 4.78 is 11.5. The van der Waals surface area contributed by atoms with E-state index in [1.807, 2.05) is 73.6 Å². The largest absolute Gasteiger partial charge is 0.490 e. The molecule has 2 aromatic rings. The van der Waals surface area contributed by atoms with Crippen LogP contribution in [-0.2, 0) is 9.53 Å². The van der Waals surface area contributed by atoms with Crippen molar-refractivity contribution in [2.24, 2.45) is 0 Å². The lowest BCUT2D eigenvalue weighted by Gasteiger charge is -2.11. The Kier molecular flexibility index (Phi) is 7.24. The summed E-state index contributed by atoms with van der Waals surface area (Å²) in [6.45, 7) is 0.266. The van der Waals surface area contributed by atoms with Gasteiger partial charge in [-0.3, -0.25) is 0 Å². The molecule has 0 atom stereocenters. The predicted molar refractivity (Wildman–Crippen MR) is 105 cm³/mol. The molecule has 2 aromatic carbocycles. The molecule has 5 nitrogen and oxygen atoms in total. The highest BCUT2D eigenvalue weighted by Gasteiger charge is 2.11. The van der Waals surface area contributed by atoms with E-state index in [9.17, 15) is 10.1 Å². The second kappa shape index (κ2) is 9.64. The molecule has 0 amide bonds. The van der Waals surface area contributed by atoms with Gasteiger partial charge in [0.05, 0.1) is 0 Å². The van der Waals surface area contributed by atoms with E-state index in [-0.39, 0.29) is 18.8 Å². The molecule has 0 heterocycles. The monoisotopic (exact) mass is 414 g/mol. The van der Waals surface area contributed by atoms with Crippen molar-refractivity contribution < 1.29 is 14.3 Å². The van der Waals surface area contributed by atoms with Crippen LogP contribution in [0.25, 0.3) is 6.08 Å². The lowest BCUT2D eigenvalue weighted by atomic mass is 10.1. The van der Waals surface area contributed by atoms with Crippen LogP contribution in [0.3, 0.4) is 0 Å². The highest BCUT2D eigenvalue weighted by molar-refractivity contribution is 9.10. The molecule has 0 aliphatic heterocycles. The third kappa shape index (κ3) is 5.94. The molecule has 26 heavy (non-hydrogen) atoms. The second-order valence-electron chi connectivity index (χ2n) is 5.60. The molecule has 0 saturated heterocycles. The molecule has 0 fully saturated rings. The van der Waals surface area contributed by atoms with Gasteiger partial charge in [-0.2, -0.15) is 5.26 Å². The fraction of sp³-hybridized carbons (Fsp3) is 0.200. The smallest absolute Gasteiger partial charge is 0.349 e. The minimum absolute atomic E-state index is 0.0509. The van der Waals surface area contributed by atoms with Gasteiger partial charge >= 0.3 is 5.97 Å². The van der Waals surface area contributed by atoms with Crippen LogP contribution in [0.5, 0.6) is 5.75 Å². The molecule has 0 N–H and O–H groups in total. The zero-order valence-electron chi connectivity index (χ0n) is 14.6. The SMILES string of the molecule is CN(C)c1ccc(/C=C(\C#N)C(=O)OCCOc2cccc(Br)c2)cc1. The Bertz CT molecular complexity index is 824. The molecule has 134 valence electrons. The number of nitrogens with zero attached hydrogens (tertiary/aromatic N) is 2. The van der Waals surface area contributed by atoms with E-state index in [0.29, 0.717) is 5.75 Å². The van der Waals surface area contributed by atoms with Crippen molar-refractivity contribution >= 4 is 33.7 Å². The molecule has 0 radical (unpaired) electrons. The molecule has 6 heteroatoms. The third-order valence-electron chi connectivity index (χ3n) is 3.44. The van der Waals surface area contributed by atoms with Crippen molar-refractivity contribution in [3.05, 3.63) is 64.1 Å². The van der Waals surface area contributed by atoms with Gasteiger partial charge in [-0.1, -0.05) is 34.1 Å². The van der Waals surface area contributed by atoms with Gasteiger partial charge in [0, 0.05) is 24.3 Å². The first-order valence-electron chi connectivity index (χ1n) is 7.94. The van der Waals surface area contributed by atoms with Crippen molar-refractivity contribution in [1.82, 2.24) is 0 Å². The van der Waals surface area contributed by atoms with Crippen molar-refractivity contribution in [1.29, 1.82) is 5.26 Å². The Hall–Kier alpha value is -2.78. The molecule has 0 spiro atoms. The van der Waals surface area contributed by atoms with Gasteiger partial charge in [0.1, 0.15) is 30.6 Å². The fourth-order valence-electron chi connectivity index (χ4n) is 2.10. The maximum absolute atomic E-state index is 12.0. The highest BCUT2D eigenvalue weighted by Crippen LogP contribution is 2.18. The number of carbonyl (C=O) groups is 1. The van der Waals surface area contributed by atoms with E-state index >= 15 is 0 Å². The standard InChI is InChI=1S/C20H19BrN2O3/c1-23(2)18-8-6-15(7-9-18)12-16(14-22)20(24)26-11-10-25-19-5-3-4-17(21)13-19/h3-9,12-13H,10-11H2,1-2H3/b16-12+. The average Bonchev–Trinajstić information content (AvgIpc) is 2.63. The van der Waals surface area contributed by atoms with Crippen LogP contribution < -0.4 is 9.64 Å². The van der Waals surface area contributed by atoms with Crippen molar-refractivity contribution in [3.63, 3.8) is 0 Å². The topological polar surface area (TPSA) is 62.6 Å². The van der Waals surface area contributed by atoms with E-state index < -0.39 is 5.97 Å². The normalized spacial score (nSPS) is 10.8. The van der Waals surface area contributed by atoms with Gasteiger partial charge in [0.25, 0.3) is 0 Å². The Morgan fingerprint density at radius 2 is 1.92 bits per heavy atom. The Morgan fingerprint density at radius 3 is 2.54 bits per heavy atom. The van der Waals surface area contributed by atoms with Gasteiger partial charge in [-0.15, -0.1) is 0 Å². The molecule has 0 aliphatic carbocycles. The first kappa shape index (κ1) is 19.5. The third-order valence-corrected chi connectivity index (χ3v) is 3.94. The first-order chi connectivity index (χ1) is 12.5. The number of hydrogen-bond donors (Lipinski definition) is 0. The number of anilines is 1. The second-order valence-corrected chi connectivity index (χ2v) is 6.51. The molecular formula is C20H19BrN2O3. The number of esters is 1. The summed E-state index contributed by atoms with van der Waals surface area (Å²) in [6, 6.07) is 16.8. The van der Waals surface area contributed by atoms with Gasteiger partial charge in [-0.05, 0) is 42.0 Å². The summed E-state index contributed by atoms with van der Waals surface area (Å²) in [5.41, 5.74) is 1.74. The summed E-state index contributed by atoms with van der Waals surface area (Å²) in [4.78, 5) is 14.0. The van der Waals surface area contributed by atoms with Gasteiger partial charge in [0.2, 0.25) is 0 Å². The Balaban J connectivity index is 1.88. The van der Waals surface area contributed by atoms with E-state index in [2.05, 4.69) is 15.9 Å². The number of nitriles is 1. The Labute approximate surface area is 161 Å². The summed E-state index contributed by atoms with van der Waals surface area (Å²) in [5, 5.41) is 9.20. The zero-order valence-corrected chi connectivity index (χ0v) is 16.2. The van der Waals surface area contributed by atoms with Crippen LogP contribution >= 0.6 is 15.9 Å². The number of ether oxygens (including phenoxy) is 2. The number of carbonyl (C=O) groups excluding carboxylic acids is 1. The minimum atomic E-state index is -0.665. The molecule has 2 rings (SSSR count). The molecule has 0 unspecified atom stereocenters. The zero-order chi connectivity index (χ0) is 18.9. The van der Waals surface area contributed by atoms with Crippen LogP contribution in [0.15, 0.2) is 58.6 Å². The molecule has 0 aliphatic rings. The van der Waals surface area contributed by atoms with Crippen LogP contribution in [0.1, 0.15) is 5.56 Å². The van der Waals surface area contributed by atoms with Gasteiger partial charge in [0.15, 0.2) is 0 Å². The van der Waals surface area contributed by atoms with Crippen LogP contribution in [-0.4, -0.2) is 33.3 Å². The molecule has 0 saturated carbocycles. The lowest BCUT2D eigenvalue weighted by molar-refractivity contribution is -0.139. The van der Waals surface area contributed by atoms with Gasteiger partial charge < -0.3 is 14.4 Å². The van der Waals surface area contributed by atoms with Crippen molar-refractivity contribution in [2.75, 3.05) is 32.2 Å². The van der Waals surface area contributed by atoms with Crippen LogP contribution in [0, 0.1) is 11.3 Å². The van der Waals surface area contributed by atoms with Crippen LogP contribution in [0.4, 0.5) is 5.69 Å². The summed E-state index contributed by atoms with van der Waals surface area (Å²) in [5.74, 6) is 0.00878. The fourth-order valence-corrected chi connectivity index (χ4v) is 2.48. The maximum atomic E-state index is 12.0. The molecule has 0 bridgehead atoms. The van der Waals surface area contributed by atoms with E-state index in [4.69, 9.17) is 9.47 Å². The number of benzene rings is 2. The van der Waals surface area contributed by atoms with E-state index in [1.54, 1.807) is 0 Å². The summed E-state index contributed by atoms with van der Waals surface area (Å²) >= 11 is 3.35. The van der Waals surface area contributed by atoms with Crippen molar-refractivity contribution in [2.45, 2.75) is 0 Å². The first-order valence-corrected chi connectivity index (χ1v) is 8.73. The van der Waals surface area contributed by atoms with E-state index in [0.717, 1.165) is 15.7 Å². The Morgan fingerprint density at radius 1 is 1.19 bits per heavy atom. The maximum Gasteiger partial charge on any atom is 0.349 e. The van der Waals surface area contributed by atoms with Crippen molar-refractivity contribution in [3.8, 4) is 11.8 Å². The minimum Gasteiger partial charge on any atom is -0.490 e. The van der Waals surface area contributed by atoms with Gasteiger partial charge in [-0.25, -0.2) is 4.79 Å². The van der Waals surface area contributed by atoms with Crippen LogP contribution in [0.2, 0.25) is 0 Å². The number of rotatable bonds is 7. The average molecular weight is 415 g/mol. The lowest BCUT2D eigenvalue weighted by Crippen LogP contribution is -2.13. The summed E-state index contributed by atoms with van der Waals surface area (Å²) in [6.07, 6.45) is 1.51. The predicted octanol–water partition coefficient (Wildman–Crippen LogP) is 4.04. The van der Waals surface area contributed by atoms with E-state index in [1.165, 1.54) is 6.08 Å². The number of halogens is 1. The molecule has 0 aromatic heterocycles. The quantitative estimate of drug-likeness (QED) is 0.296. The highest BCUT2D eigenvalue weighted by atomic mass is 79.9. The number of hydrogen-bond acceptors (Lipinski definition) is 5. The molecular weight excluding hydrogens is 396 g/mol.